The van der Waals surface area contributed by atoms with E-state index in [1.165, 1.54) is 45.3 Å². The predicted octanol–water partition coefficient (Wildman–Crippen LogP) is 2.98. The van der Waals surface area contributed by atoms with E-state index in [9.17, 15) is 18.0 Å². The van der Waals surface area contributed by atoms with Gasteiger partial charge in [0.1, 0.15) is 0 Å². The highest BCUT2D eigenvalue weighted by Crippen LogP contribution is 2.18. The lowest BCUT2D eigenvalue weighted by atomic mass is 9.99. The number of carbonyl (C=O) groups excluding carboxylic acids is 2. The number of rotatable bonds is 6. The maximum atomic E-state index is 12.6. The second kappa shape index (κ2) is 8.02. The summed E-state index contributed by atoms with van der Waals surface area (Å²) in [5.74, 6) is -1.06. The molecule has 2 aromatic rings. The van der Waals surface area contributed by atoms with Crippen molar-refractivity contribution in [2.24, 2.45) is 0 Å². The van der Waals surface area contributed by atoms with Gasteiger partial charge in [0.25, 0.3) is 0 Å². The Morgan fingerprint density at radius 3 is 2.33 bits per heavy atom. The Balaban J connectivity index is 2.22. The molecule has 0 N–H and O–H groups in total. The zero-order valence-corrected chi connectivity index (χ0v) is 16.8. The second-order valence-corrected chi connectivity index (χ2v) is 8.70. The van der Waals surface area contributed by atoms with Crippen LogP contribution in [0.3, 0.4) is 0 Å². The summed E-state index contributed by atoms with van der Waals surface area (Å²) in [4.78, 5) is 25.0. The topological polar surface area (TPSA) is 80.8 Å². The standard InChI is InChI=1S/C20H23NO5S/c1-13-9-10-14(2)18(11-13)19(22)15(3)26-20(23)16-7-6-8-17(12-16)27(24,25)21(4)5/h6-12,15H,1-5H3/t15-/m0/s1. The highest BCUT2D eigenvalue weighted by Gasteiger charge is 2.23. The van der Waals surface area contributed by atoms with Crippen LogP contribution in [0.2, 0.25) is 0 Å². The Kier molecular flexibility index (Phi) is 6.18. The maximum Gasteiger partial charge on any atom is 0.338 e. The molecule has 0 saturated heterocycles. The van der Waals surface area contributed by atoms with Crippen LogP contribution in [0.4, 0.5) is 0 Å². The number of sulfonamides is 1. The van der Waals surface area contributed by atoms with Crippen molar-refractivity contribution in [2.75, 3.05) is 14.1 Å². The van der Waals surface area contributed by atoms with Crippen LogP contribution in [0.5, 0.6) is 0 Å². The first kappa shape index (κ1) is 20.8. The van der Waals surface area contributed by atoms with Crippen LogP contribution in [0.1, 0.15) is 38.8 Å². The Bertz CT molecular complexity index is 980. The molecule has 144 valence electrons. The fraction of sp³-hybridized carbons (Fsp3) is 0.300. The zero-order chi connectivity index (χ0) is 20.4. The fourth-order valence-electron chi connectivity index (χ4n) is 2.50. The molecule has 6 nitrogen and oxygen atoms in total. The molecule has 0 unspecified atom stereocenters. The number of Topliss-reactive ketones (excluding diaryl/α,β-unsaturated/α-hetero) is 1. The molecule has 0 fully saturated rings. The van der Waals surface area contributed by atoms with Crippen molar-refractivity contribution in [1.82, 2.24) is 4.31 Å². The smallest absolute Gasteiger partial charge is 0.338 e. The lowest BCUT2D eigenvalue weighted by Gasteiger charge is -2.15. The Hall–Kier alpha value is -2.51. The van der Waals surface area contributed by atoms with Gasteiger partial charge in [-0.15, -0.1) is 0 Å². The third-order valence-corrected chi connectivity index (χ3v) is 5.97. The molecule has 7 heteroatoms. The molecule has 0 aliphatic carbocycles. The maximum absolute atomic E-state index is 12.6. The minimum Gasteiger partial charge on any atom is -0.451 e. The van der Waals surface area contributed by atoms with Gasteiger partial charge in [0, 0.05) is 19.7 Å². The van der Waals surface area contributed by atoms with Gasteiger partial charge in [-0.25, -0.2) is 17.5 Å². The van der Waals surface area contributed by atoms with Crippen LogP contribution in [0.15, 0.2) is 47.4 Å². The quantitative estimate of drug-likeness (QED) is 0.560. The summed E-state index contributed by atoms with van der Waals surface area (Å²) in [6.45, 7) is 5.20. The number of nitrogens with zero attached hydrogens (tertiary/aromatic N) is 1. The molecular weight excluding hydrogens is 366 g/mol. The van der Waals surface area contributed by atoms with Crippen LogP contribution < -0.4 is 0 Å². The van der Waals surface area contributed by atoms with Crippen LogP contribution in [-0.2, 0) is 14.8 Å². The van der Waals surface area contributed by atoms with E-state index in [1.54, 1.807) is 6.07 Å². The van der Waals surface area contributed by atoms with Crippen molar-refractivity contribution < 1.29 is 22.7 Å². The summed E-state index contributed by atoms with van der Waals surface area (Å²) in [6, 6.07) is 11.1. The Morgan fingerprint density at radius 2 is 1.70 bits per heavy atom. The molecule has 0 bridgehead atoms. The molecule has 0 amide bonds. The van der Waals surface area contributed by atoms with Crippen molar-refractivity contribution in [1.29, 1.82) is 0 Å². The van der Waals surface area contributed by atoms with Gasteiger partial charge in [-0.3, -0.25) is 4.79 Å². The normalized spacial score (nSPS) is 12.7. The SMILES string of the molecule is Cc1ccc(C)c(C(=O)[C@H](C)OC(=O)c2cccc(S(=O)(=O)N(C)C)c2)c1. The third kappa shape index (κ3) is 4.61. The number of hydrogen-bond acceptors (Lipinski definition) is 5. The van der Waals surface area contributed by atoms with Gasteiger partial charge in [0.2, 0.25) is 15.8 Å². The summed E-state index contributed by atoms with van der Waals surface area (Å²) in [5.41, 5.74) is 2.30. The summed E-state index contributed by atoms with van der Waals surface area (Å²) in [5, 5.41) is 0. The molecule has 2 aromatic carbocycles. The van der Waals surface area contributed by atoms with Gasteiger partial charge in [-0.2, -0.15) is 0 Å². The first-order valence-corrected chi connectivity index (χ1v) is 9.83. The average molecular weight is 389 g/mol. The minimum absolute atomic E-state index is 0.0181. The lowest BCUT2D eigenvalue weighted by molar-refractivity contribution is 0.0318. The third-order valence-electron chi connectivity index (χ3n) is 4.16. The largest absolute Gasteiger partial charge is 0.451 e. The Labute approximate surface area is 159 Å². The van der Waals surface area contributed by atoms with E-state index in [0.717, 1.165) is 15.4 Å². The van der Waals surface area contributed by atoms with E-state index in [4.69, 9.17) is 4.74 Å². The number of aryl methyl sites for hydroxylation is 2. The van der Waals surface area contributed by atoms with Crippen LogP contribution in [-0.4, -0.2) is 44.7 Å². The summed E-state index contributed by atoms with van der Waals surface area (Å²) >= 11 is 0. The van der Waals surface area contributed by atoms with Crippen LogP contribution >= 0.6 is 0 Å². The fourth-order valence-corrected chi connectivity index (χ4v) is 3.44. The molecule has 2 rings (SSSR count). The predicted molar refractivity (Wildman–Crippen MR) is 102 cm³/mol. The van der Waals surface area contributed by atoms with E-state index in [2.05, 4.69) is 0 Å². The van der Waals surface area contributed by atoms with Crippen molar-refractivity contribution in [2.45, 2.75) is 31.8 Å². The van der Waals surface area contributed by atoms with Gasteiger partial charge in [-0.05, 0) is 50.6 Å². The number of carbonyl (C=O) groups is 2. The molecule has 0 aliphatic heterocycles. The number of ketones is 1. The highest BCUT2D eigenvalue weighted by molar-refractivity contribution is 7.89. The van der Waals surface area contributed by atoms with E-state index >= 15 is 0 Å². The van der Waals surface area contributed by atoms with Gasteiger partial charge < -0.3 is 4.74 Å². The average Bonchev–Trinajstić information content (AvgIpc) is 2.62. The second-order valence-electron chi connectivity index (χ2n) is 6.55. The van der Waals surface area contributed by atoms with Crippen molar-refractivity contribution in [3.05, 3.63) is 64.7 Å². The minimum atomic E-state index is -3.67. The highest BCUT2D eigenvalue weighted by atomic mass is 32.2. The molecule has 0 radical (unpaired) electrons. The summed E-state index contributed by atoms with van der Waals surface area (Å²) in [6.07, 6.45) is -0.993. The molecule has 0 aromatic heterocycles. The molecule has 1 atom stereocenters. The first-order valence-electron chi connectivity index (χ1n) is 8.39. The molecule has 0 heterocycles. The van der Waals surface area contributed by atoms with E-state index in [0.29, 0.717) is 5.56 Å². The summed E-state index contributed by atoms with van der Waals surface area (Å²) in [7, 11) is -0.856. The molecule has 27 heavy (non-hydrogen) atoms. The molecule has 0 spiro atoms. The Morgan fingerprint density at radius 1 is 1.04 bits per heavy atom. The number of hydrogen-bond donors (Lipinski definition) is 0. The van der Waals surface area contributed by atoms with Gasteiger partial charge in [0.15, 0.2) is 6.10 Å². The van der Waals surface area contributed by atoms with E-state index in [-0.39, 0.29) is 16.2 Å². The summed E-state index contributed by atoms with van der Waals surface area (Å²) < 4.78 is 30.8. The number of ether oxygens (including phenoxy) is 1. The first-order chi connectivity index (χ1) is 12.5. The number of esters is 1. The molecule has 0 aliphatic rings. The number of benzene rings is 2. The van der Waals surface area contributed by atoms with Crippen LogP contribution in [0.25, 0.3) is 0 Å². The van der Waals surface area contributed by atoms with E-state index < -0.39 is 22.1 Å². The van der Waals surface area contributed by atoms with Crippen molar-refractivity contribution >= 4 is 21.8 Å². The monoisotopic (exact) mass is 389 g/mol. The van der Waals surface area contributed by atoms with Crippen LogP contribution in [0, 0.1) is 13.8 Å². The molecular formula is C20H23NO5S. The van der Waals surface area contributed by atoms with Crippen molar-refractivity contribution in [3.63, 3.8) is 0 Å². The van der Waals surface area contributed by atoms with Gasteiger partial charge >= 0.3 is 5.97 Å². The zero-order valence-electron chi connectivity index (χ0n) is 16.0. The van der Waals surface area contributed by atoms with E-state index in [1.807, 2.05) is 26.0 Å². The lowest BCUT2D eigenvalue weighted by Crippen LogP contribution is -2.26. The van der Waals surface area contributed by atoms with Gasteiger partial charge in [-0.1, -0.05) is 23.8 Å². The molecule has 0 saturated carbocycles. The van der Waals surface area contributed by atoms with Crippen molar-refractivity contribution in [3.8, 4) is 0 Å². The van der Waals surface area contributed by atoms with Gasteiger partial charge in [0.05, 0.1) is 10.5 Å².